The van der Waals surface area contributed by atoms with Crippen LogP contribution in [0, 0.1) is 6.92 Å². The van der Waals surface area contributed by atoms with Gasteiger partial charge in [-0.3, -0.25) is 0 Å². The first kappa shape index (κ1) is 10.6. The van der Waals surface area contributed by atoms with E-state index >= 15 is 0 Å². The van der Waals surface area contributed by atoms with Crippen LogP contribution >= 0.6 is 0 Å². The molecule has 0 amide bonds. The molecule has 0 aliphatic carbocycles. The Morgan fingerprint density at radius 1 is 1.20 bits per heavy atom. The second-order valence-corrected chi connectivity index (χ2v) is 4.51. The summed E-state index contributed by atoms with van der Waals surface area (Å²) in [6.45, 7) is 1.96. The number of fused-ring (bicyclic) bond motifs is 1. The molecule has 0 spiro atoms. The molecule has 2 aromatic carbocycles. The first-order valence-electron chi connectivity index (χ1n) is 4.68. The number of hydrogen-bond acceptors (Lipinski definition) is 2. The molecule has 2 rings (SSSR count). The van der Waals surface area contributed by atoms with Crippen LogP contribution in [0.5, 0.6) is 0 Å². The number of aryl methyl sites for hydroxylation is 1. The molecule has 0 bridgehead atoms. The van der Waals surface area contributed by atoms with Gasteiger partial charge < -0.3 is 0 Å². The summed E-state index contributed by atoms with van der Waals surface area (Å²) in [4.78, 5) is 11.5. The number of rotatable bonds is 1. The molecule has 0 aliphatic heterocycles. The van der Waals surface area contributed by atoms with Crippen molar-refractivity contribution in [3.63, 3.8) is 0 Å². The van der Waals surface area contributed by atoms with Crippen molar-refractivity contribution in [3.05, 3.63) is 47.5 Å². The zero-order chi connectivity index (χ0) is 10.8. The maximum absolute atomic E-state index is 11.5. The number of carbonyl (C=O) groups excluding carboxylic acids is 1. The van der Waals surface area contributed by atoms with Gasteiger partial charge in [0.2, 0.25) is 0 Å². The van der Waals surface area contributed by atoms with E-state index in [1.54, 1.807) is 0 Å². The summed E-state index contributed by atoms with van der Waals surface area (Å²) in [6.07, 6.45) is 0. The van der Waals surface area contributed by atoms with Crippen LogP contribution < -0.4 is 0 Å². The molecule has 2 nitrogen and oxygen atoms in total. The van der Waals surface area contributed by atoms with Gasteiger partial charge in [0.1, 0.15) is 0 Å². The van der Waals surface area contributed by atoms with Crippen molar-refractivity contribution < 1.29 is 34.0 Å². The monoisotopic (exact) mass is 387 g/mol. The first-order valence-corrected chi connectivity index (χ1v) is 6.93. The molecule has 0 saturated heterocycles. The standard InChI is InChI=1S/C12H10O2.Hg/c1-8-10-5-3-2-4-9(10)6-7-11(8)12(13)14;/h2-7H,1H3,(H,13,14);/q;+1/p-1. The molecule has 0 unspecified atom stereocenters. The Morgan fingerprint density at radius 2 is 1.93 bits per heavy atom. The third-order valence-electron chi connectivity index (χ3n) is 2.55. The summed E-state index contributed by atoms with van der Waals surface area (Å²) >= 11 is 0.0512. The molecule has 0 radical (unpaired) electrons. The zero-order valence-electron chi connectivity index (χ0n) is 8.49. The summed E-state index contributed by atoms with van der Waals surface area (Å²) in [5, 5.41) is 2.28. The molecular weight excluding hydrogens is 377 g/mol. The summed E-state index contributed by atoms with van der Waals surface area (Å²) in [5.41, 5.74) is 1.69. The van der Waals surface area contributed by atoms with Crippen molar-refractivity contribution >= 4 is 16.7 Å². The summed E-state index contributed by atoms with van der Waals surface area (Å²) in [7, 11) is 0. The summed E-state index contributed by atoms with van der Waals surface area (Å²) in [5.74, 6) is -0.193. The summed E-state index contributed by atoms with van der Waals surface area (Å²) < 4.78 is 4.92. The molecule has 71 valence electrons. The molecule has 0 saturated carbocycles. The molecule has 0 fully saturated rings. The van der Waals surface area contributed by atoms with Crippen molar-refractivity contribution in [2.75, 3.05) is 0 Å². The Bertz CT molecular complexity index is 520. The fraction of sp³-hybridized carbons (Fsp3) is 0.0833. The molecule has 0 heterocycles. The van der Waals surface area contributed by atoms with E-state index in [1.807, 2.05) is 43.3 Å². The minimum atomic E-state index is -0.193. The molecule has 0 N–H and O–H groups in total. The van der Waals surface area contributed by atoms with Crippen LogP contribution in [0.1, 0.15) is 15.9 Å². The molecule has 0 aromatic heterocycles. The van der Waals surface area contributed by atoms with Gasteiger partial charge in [0.05, 0.1) is 0 Å². The summed E-state index contributed by atoms with van der Waals surface area (Å²) in [6, 6.07) is 11.8. The van der Waals surface area contributed by atoms with Crippen molar-refractivity contribution in [1.82, 2.24) is 0 Å². The van der Waals surface area contributed by atoms with Crippen molar-refractivity contribution in [3.8, 4) is 0 Å². The van der Waals surface area contributed by atoms with Crippen LogP contribution in [0.25, 0.3) is 10.8 Å². The van der Waals surface area contributed by atoms with E-state index in [0.717, 1.165) is 16.3 Å². The molecule has 0 atom stereocenters. The first-order chi connectivity index (χ1) is 7.24. The second-order valence-electron chi connectivity index (χ2n) is 3.39. The molecule has 0 aliphatic rings. The van der Waals surface area contributed by atoms with Gasteiger partial charge in [-0.05, 0) is 0 Å². The third-order valence-corrected chi connectivity index (χ3v) is 3.57. The Labute approximate surface area is 105 Å². The van der Waals surface area contributed by atoms with Crippen LogP contribution in [0.15, 0.2) is 36.4 Å². The predicted molar refractivity (Wildman–Crippen MR) is 54.1 cm³/mol. The van der Waals surface area contributed by atoms with Crippen molar-refractivity contribution in [1.29, 1.82) is 0 Å². The van der Waals surface area contributed by atoms with E-state index < -0.39 is 0 Å². The predicted octanol–water partition coefficient (Wildman–Crippen LogP) is 2.77. The van der Waals surface area contributed by atoms with Crippen molar-refractivity contribution in [2.45, 2.75) is 6.92 Å². The minimum absolute atomic E-state index is 0.0512. The van der Waals surface area contributed by atoms with E-state index in [2.05, 4.69) is 0 Å². The van der Waals surface area contributed by atoms with Crippen LogP contribution in [0.2, 0.25) is 0 Å². The average Bonchev–Trinajstić information content (AvgIpc) is 2.29. The SMILES string of the molecule is Cc1c(C(=O)[O][Hg])ccc2ccccc12. The second kappa shape index (κ2) is 4.31. The molecular formula is C12H9HgO2. The van der Waals surface area contributed by atoms with Crippen LogP contribution in [-0.4, -0.2) is 5.97 Å². The topological polar surface area (TPSA) is 26.3 Å². The van der Waals surface area contributed by atoms with Gasteiger partial charge >= 0.3 is 105 Å². The molecule has 3 heteroatoms. The average molecular weight is 386 g/mol. The van der Waals surface area contributed by atoms with Gasteiger partial charge in [-0.1, -0.05) is 0 Å². The maximum atomic E-state index is 11.5. The van der Waals surface area contributed by atoms with Gasteiger partial charge in [-0.15, -0.1) is 0 Å². The van der Waals surface area contributed by atoms with E-state index in [0.29, 0.717) is 5.56 Å². The van der Waals surface area contributed by atoms with Crippen LogP contribution in [-0.2, 0) is 29.2 Å². The van der Waals surface area contributed by atoms with Gasteiger partial charge in [-0.25, -0.2) is 0 Å². The fourth-order valence-corrected chi connectivity index (χ4v) is 2.33. The quantitative estimate of drug-likeness (QED) is 0.706. The van der Waals surface area contributed by atoms with E-state index in [9.17, 15) is 4.79 Å². The third kappa shape index (κ3) is 1.91. The normalized spacial score (nSPS) is 10.3. The number of hydrogen-bond donors (Lipinski definition) is 0. The molecule has 15 heavy (non-hydrogen) atoms. The Balaban J connectivity index is 2.70. The van der Waals surface area contributed by atoms with Gasteiger partial charge in [0.15, 0.2) is 0 Å². The van der Waals surface area contributed by atoms with Gasteiger partial charge in [0, 0.05) is 0 Å². The Morgan fingerprint density at radius 3 is 2.67 bits per heavy atom. The van der Waals surface area contributed by atoms with Gasteiger partial charge in [-0.2, -0.15) is 0 Å². The van der Waals surface area contributed by atoms with Crippen molar-refractivity contribution in [2.24, 2.45) is 0 Å². The Hall–Kier alpha value is -0.895. The number of carbonyl (C=O) groups is 1. The number of benzene rings is 2. The van der Waals surface area contributed by atoms with Gasteiger partial charge in [0.25, 0.3) is 0 Å². The zero-order valence-corrected chi connectivity index (χ0v) is 14.0. The fourth-order valence-electron chi connectivity index (χ4n) is 1.73. The van der Waals surface area contributed by atoms with Crippen LogP contribution in [0.4, 0.5) is 0 Å². The van der Waals surface area contributed by atoms with Crippen LogP contribution in [0.3, 0.4) is 0 Å². The molecule has 2 aromatic rings. The Kier molecular flexibility index (Phi) is 3.05. The van der Waals surface area contributed by atoms with E-state index in [1.165, 1.54) is 0 Å². The van der Waals surface area contributed by atoms with E-state index in [4.69, 9.17) is 2.64 Å². The van der Waals surface area contributed by atoms with E-state index in [-0.39, 0.29) is 32.5 Å².